The Hall–Kier alpha value is -1.44. The van der Waals surface area contributed by atoms with Crippen LogP contribution >= 0.6 is 0 Å². The molecule has 1 aromatic carbocycles. The van der Waals surface area contributed by atoms with Crippen molar-refractivity contribution in [2.75, 3.05) is 17.9 Å². The molecule has 2 aliphatic rings. The summed E-state index contributed by atoms with van der Waals surface area (Å²) in [6.07, 6.45) is 6.72. The molecule has 138 valence electrons. The minimum atomic E-state index is -3.61. The van der Waals surface area contributed by atoms with Crippen molar-refractivity contribution in [3.8, 4) is 0 Å². The first-order valence-corrected chi connectivity index (χ1v) is 10.3. The molecule has 0 aromatic heterocycles. The molecule has 1 atom stereocenters. The van der Waals surface area contributed by atoms with Gasteiger partial charge in [0.05, 0.1) is 24.2 Å². The smallest absolute Gasteiger partial charge is 0.239 e. The summed E-state index contributed by atoms with van der Waals surface area (Å²) in [5, 5.41) is -0.657. The highest BCUT2D eigenvalue weighted by molar-refractivity contribution is 7.93. The quantitative estimate of drug-likeness (QED) is 0.781. The summed E-state index contributed by atoms with van der Waals surface area (Å²) in [4.78, 5) is 0. The lowest BCUT2D eigenvalue weighted by molar-refractivity contribution is -0.124. The van der Waals surface area contributed by atoms with Crippen LogP contribution < -0.4 is 4.72 Å². The standard InChI is InChI=1S/C18H24FNO4S/c1-2-3-4-14-13-15(19)5-6-17(14)20-25(21,22)16-7-9-18(10-8-16)23-11-12-24-18/h5-7,9,13,16,20H,2-4,8,10-12H2,1H3. The van der Waals surface area contributed by atoms with Crippen LogP contribution in [0.1, 0.15) is 38.2 Å². The highest BCUT2D eigenvalue weighted by Gasteiger charge is 2.39. The molecule has 0 radical (unpaired) electrons. The SMILES string of the molecule is CCCCc1cc(F)ccc1NS(=O)(=O)C1C=CC2(CC1)OCCO2. The van der Waals surface area contributed by atoms with Crippen molar-refractivity contribution in [2.24, 2.45) is 0 Å². The van der Waals surface area contributed by atoms with Gasteiger partial charge in [-0.15, -0.1) is 0 Å². The minimum Gasteiger partial charge on any atom is -0.344 e. The number of aryl methyl sites for hydroxylation is 1. The molecule has 1 heterocycles. The summed E-state index contributed by atoms with van der Waals surface area (Å²) in [5.74, 6) is -1.11. The normalized spacial score (nSPS) is 22.4. The molecular formula is C18H24FNO4S. The average molecular weight is 369 g/mol. The molecule has 1 unspecified atom stereocenters. The molecule has 0 bridgehead atoms. The molecule has 1 aliphatic heterocycles. The number of hydrogen-bond donors (Lipinski definition) is 1. The molecule has 5 nitrogen and oxygen atoms in total. The first kappa shape index (κ1) is 18.4. The topological polar surface area (TPSA) is 64.6 Å². The highest BCUT2D eigenvalue weighted by atomic mass is 32.2. The lowest BCUT2D eigenvalue weighted by atomic mass is 10.0. The van der Waals surface area contributed by atoms with Crippen LogP contribution in [0, 0.1) is 5.82 Å². The van der Waals surface area contributed by atoms with Crippen LogP contribution in [0.2, 0.25) is 0 Å². The zero-order chi connectivity index (χ0) is 17.9. The highest BCUT2D eigenvalue weighted by Crippen LogP contribution is 2.33. The summed E-state index contributed by atoms with van der Waals surface area (Å²) in [7, 11) is -3.61. The van der Waals surface area contributed by atoms with E-state index in [1.165, 1.54) is 18.2 Å². The number of anilines is 1. The zero-order valence-electron chi connectivity index (χ0n) is 14.3. The van der Waals surface area contributed by atoms with Gasteiger partial charge in [-0.3, -0.25) is 4.72 Å². The van der Waals surface area contributed by atoms with Crippen molar-refractivity contribution >= 4 is 15.7 Å². The Morgan fingerprint density at radius 3 is 2.72 bits per heavy atom. The van der Waals surface area contributed by atoms with Gasteiger partial charge in [-0.1, -0.05) is 19.4 Å². The molecule has 0 amide bonds. The number of unbranched alkanes of at least 4 members (excludes halogenated alkanes) is 1. The van der Waals surface area contributed by atoms with Gasteiger partial charge in [-0.2, -0.15) is 0 Å². The predicted molar refractivity (Wildman–Crippen MR) is 94.4 cm³/mol. The summed E-state index contributed by atoms with van der Waals surface area (Å²) in [6.45, 7) is 3.09. The van der Waals surface area contributed by atoms with Crippen LogP contribution in [0.3, 0.4) is 0 Å². The van der Waals surface area contributed by atoms with Gasteiger partial charge in [-0.05, 0) is 49.1 Å². The van der Waals surface area contributed by atoms with E-state index in [9.17, 15) is 12.8 Å². The average Bonchev–Trinajstić information content (AvgIpc) is 3.03. The Bertz CT molecular complexity index is 741. The van der Waals surface area contributed by atoms with E-state index in [2.05, 4.69) is 4.72 Å². The molecule has 1 saturated heterocycles. The predicted octanol–water partition coefficient (Wildman–Crippen LogP) is 3.37. The van der Waals surface area contributed by atoms with Crippen molar-refractivity contribution in [3.05, 3.63) is 41.7 Å². The van der Waals surface area contributed by atoms with Gasteiger partial charge in [0.15, 0.2) is 5.79 Å². The Morgan fingerprint density at radius 2 is 2.08 bits per heavy atom. The van der Waals surface area contributed by atoms with Crippen molar-refractivity contribution in [1.29, 1.82) is 0 Å². The van der Waals surface area contributed by atoms with Crippen molar-refractivity contribution in [2.45, 2.75) is 50.1 Å². The second-order valence-corrected chi connectivity index (χ2v) is 8.40. The lowest BCUT2D eigenvalue weighted by Gasteiger charge is -2.30. The van der Waals surface area contributed by atoms with Crippen molar-refractivity contribution in [1.82, 2.24) is 0 Å². The molecule has 0 saturated carbocycles. The zero-order valence-corrected chi connectivity index (χ0v) is 15.1. The molecule has 1 aliphatic carbocycles. The minimum absolute atomic E-state index is 0.357. The van der Waals surface area contributed by atoms with Crippen LogP contribution in [-0.4, -0.2) is 32.7 Å². The number of rotatable bonds is 6. The summed E-state index contributed by atoms with van der Waals surface area (Å²) in [6, 6.07) is 4.17. The number of nitrogens with one attached hydrogen (secondary N) is 1. The van der Waals surface area contributed by atoms with Gasteiger partial charge in [0, 0.05) is 6.42 Å². The number of halogens is 1. The Labute approximate surface area is 148 Å². The molecule has 7 heteroatoms. The van der Waals surface area contributed by atoms with Crippen LogP contribution in [-0.2, 0) is 25.9 Å². The molecule has 1 N–H and O–H groups in total. The van der Waals surface area contributed by atoms with E-state index in [4.69, 9.17) is 9.47 Å². The van der Waals surface area contributed by atoms with E-state index < -0.39 is 21.1 Å². The van der Waals surface area contributed by atoms with E-state index in [0.29, 0.717) is 43.7 Å². The molecule has 1 spiro atoms. The molecule has 1 aromatic rings. The molecule has 1 fully saturated rings. The monoisotopic (exact) mass is 369 g/mol. The maximum Gasteiger partial charge on any atom is 0.239 e. The van der Waals surface area contributed by atoms with E-state index in [1.807, 2.05) is 6.92 Å². The van der Waals surface area contributed by atoms with Crippen LogP contribution in [0.25, 0.3) is 0 Å². The number of sulfonamides is 1. The van der Waals surface area contributed by atoms with Crippen molar-refractivity contribution < 1.29 is 22.3 Å². The Morgan fingerprint density at radius 1 is 1.32 bits per heavy atom. The van der Waals surface area contributed by atoms with Gasteiger partial charge >= 0.3 is 0 Å². The third-order valence-corrected chi connectivity index (χ3v) is 6.33. The first-order valence-electron chi connectivity index (χ1n) is 8.71. The first-order chi connectivity index (χ1) is 11.9. The van der Waals surface area contributed by atoms with Gasteiger partial charge in [0.2, 0.25) is 10.0 Å². The van der Waals surface area contributed by atoms with Gasteiger partial charge in [0.1, 0.15) is 5.82 Å². The van der Waals surface area contributed by atoms with Gasteiger partial charge in [0.25, 0.3) is 0 Å². The summed E-state index contributed by atoms with van der Waals surface area (Å²) in [5.41, 5.74) is 1.14. The fourth-order valence-electron chi connectivity index (χ4n) is 3.21. The van der Waals surface area contributed by atoms with Gasteiger partial charge in [-0.25, -0.2) is 12.8 Å². The number of hydrogen-bond acceptors (Lipinski definition) is 4. The van der Waals surface area contributed by atoms with Crippen LogP contribution in [0.15, 0.2) is 30.4 Å². The molecule has 3 rings (SSSR count). The van der Waals surface area contributed by atoms with Crippen LogP contribution in [0.4, 0.5) is 10.1 Å². The lowest BCUT2D eigenvalue weighted by Crippen LogP contribution is -2.37. The molecular weight excluding hydrogens is 345 g/mol. The fourth-order valence-corrected chi connectivity index (χ4v) is 4.58. The van der Waals surface area contributed by atoms with Crippen molar-refractivity contribution in [3.63, 3.8) is 0 Å². The van der Waals surface area contributed by atoms with E-state index in [0.717, 1.165) is 12.8 Å². The second-order valence-electron chi connectivity index (χ2n) is 6.50. The summed E-state index contributed by atoms with van der Waals surface area (Å²) < 4.78 is 52.8. The largest absolute Gasteiger partial charge is 0.344 e. The maximum atomic E-state index is 13.5. The van der Waals surface area contributed by atoms with Crippen LogP contribution in [0.5, 0.6) is 0 Å². The van der Waals surface area contributed by atoms with Gasteiger partial charge < -0.3 is 9.47 Å². The maximum absolute atomic E-state index is 13.5. The third-order valence-electron chi connectivity index (χ3n) is 4.64. The second kappa shape index (κ2) is 7.43. The number of benzene rings is 1. The van der Waals surface area contributed by atoms with E-state index in [-0.39, 0.29) is 5.82 Å². The third kappa shape index (κ3) is 4.22. The summed E-state index contributed by atoms with van der Waals surface area (Å²) >= 11 is 0. The Kier molecular flexibility index (Phi) is 5.46. The fraction of sp³-hybridized carbons (Fsp3) is 0.556. The van der Waals surface area contributed by atoms with E-state index >= 15 is 0 Å². The van der Waals surface area contributed by atoms with E-state index in [1.54, 1.807) is 12.2 Å². The Balaban J connectivity index is 1.76. The molecule has 25 heavy (non-hydrogen) atoms. The number of ether oxygens (including phenoxy) is 2.